The van der Waals surface area contributed by atoms with E-state index in [0.29, 0.717) is 11.8 Å². The van der Waals surface area contributed by atoms with E-state index in [4.69, 9.17) is 4.74 Å². The number of nitrogens with zero attached hydrogens (tertiary/aromatic N) is 4. The predicted molar refractivity (Wildman–Crippen MR) is 98.0 cm³/mol. The zero-order valence-corrected chi connectivity index (χ0v) is 15.5. The van der Waals surface area contributed by atoms with Gasteiger partial charge in [0, 0.05) is 26.1 Å². The lowest BCUT2D eigenvalue weighted by molar-refractivity contribution is -0.133. The number of aromatic nitrogens is 3. The average molecular weight is 354 g/mol. The number of ether oxygens (including phenoxy) is 1. The van der Waals surface area contributed by atoms with E-state index in [-0.39, 0.29) is 5.41 Å². The van der Waals surface area contributed by atoms with Crippen molar-refractivity contribution in [2.75, 3.05) is 20.2 Å². The summed E-state index contributed by atoms with van der Waals surface area (Å²) in [5.41, 5.74) is 0.822. The Balaban J connectivity index is 1.42. The van der Waals surface area contributed by atoms with Gasteiger partial charge in [-0.3, -0.25) is 4.79 Å². The molecule has 0 N–H and O–H groups in total. The monoisotopic (exact) mass is 354 g/mol. The first-order chi connectivity index (χ1) is 12.7. The van der Waals surface area contributed by atoms with E-state index in [2.05, 4.69) is 26.6 Å². The van der Waals surface area contributed by atoms with E-state index in [0.717, 1.165) is 62.5 Å². The smallest absolute Gasteiger partial charge is 0.233 e. The second-order valence-electron chi connectivity index (χ2n) is 7.45. The lowest BCUT2D eigenvalue weighted by atomic mass is 9.94. The number of methoxy groups -OCH3 is 1. The fourth-order valence-corrected chi connectivity index (χ4v) is 4.11. The van der Waals surface area contributed by atoms with Crippen LogP contribution in [0, 0.1) is 5.92 Å². The minimum atomic E-state index is -0.301. The molecule has 26 heavy (non-hydrogen) atoms. The third-order valence-electron chi connectivity index (χ3n) is 5.88. The molecule has 4 rings (SSSR count). The Hall–Kier alpha value is -2.37. The van der Waals surface area contributed by atoms with Gasteiger partial charge in [-0.05, 0) is 49.8 Å². The number of aryl methyl sites for hydroxylation is 1. The number of amides is 1. The molecule has 2 aliphatic rings. The largest absolute Gasteiger partial charge is 0.497 e. The van der Waals surface area contributed by atoms with Crippen LogP contribution in [-0.4, -0.2) is 45.8 Å². The van der Waals surface area contributed by atoms with Crippen molar-refractivity contribution in [2.45, 2.75) is 44.6 Å². The van der Waals surface area contributed by atoms with Gasteiger partial charge in [-0.15, -0.1) is 10.2 Å². The molecule has 1 atom stereocenters. The maximum Gasteiger partial charge on any atom is 0.233 e. The maximum atomic E-state index is 13.2. The summed E-state index contributed by atoms with van der Waals surface area (Å²) in [6, 6.07) is 7.99. The molecule has 1 saturated carbocycles. The van der Waals surface area contributed by atoms with E-state index in [1.807, 2.05) is 24.3 Å². The molecule has 2 fully saturated rings. The molecule has 0 spiro atoms. The molecule has 1 unspecified atom stereocenters. The van der Waals surface area contributed by atoms with Gasteiger partial charge >= 0.3 is 0 Å². The summed E-state index contributed by atoms with van der Waals surface area (Å²) in [5.74, 6) is 2.63. The van der Waals surface area contributed by atoms with E-state index in [9.17, 15) is 4.79 Å². The zero-order valence-electron chi connectivity index (χ0n) is 15.5. The average Bonchev–Trinajstić information content (AvgIpc) is 3.14. The first kappa shape index (κ1) is 17.1. The van der Waals surface area contributed by atoms with Gasteiger partial charge in [-0.25, -0.2) is 0 Å². The molecule has 6 nitrogen and oxygen atoms in total. The Labute approximate surface area is 154 Å². The van der Waals surface area contributed by atoms with Crippen LogP contribution in [0.15, 0.2) is 30.6 Å². The summed E-state index contributed by atoms with van der Waals surface area (Å²) in [5, 5.41) is 8.26. The molecular weight excluding hydrogens is 328 g/mol. The van der Waals surface area contributed by atoms with Crippen molar-refractivity contribution in [1.29, 1.82) is 0 Å². The van der Waals surface area contributed by atoms with Crippen LogP contribution in [0.5, 0.6) is 5.75 Å². The molecule has 1 aliphatic heterocycles. The summed E-state index contributed by atoms with van der Waals surface area (Å²) >= 11 is 0. The molecule has 138 valence electrons. The highest BCUT2D eigenvalue weighted by atomic mass is 16.5. The molecule has 1 aliphatic carbocycles. The van der Waals surface area contributed by atoms with Gasteiger partial charge in [0.05, 0.1) is 12.5 Å². The summed E-state index contributed by atoms with van der Waals surface area (Å²) < 4.78 is 7.32. The van der Waals surface area contributed by atoms with Gasteiger partial charge < -0.3 is 14.2 Å². The van der Waals surface area contributed by atoms with E-state index >= 15 is 0 Å². The summed E-state index contributed by atoms with van der Waals surface area (Å²) in [6.07, 6.45) is 5.62. The standard InChI is InChI=1S/C20H26N4O2/c1-3-23-14-21-22-18(23)12-15-8-11-24(13-15)19(25)20(9-10-20)16-4-6-17(26-2)7-5-16/h4-7,14-15H,3,8-13H2,1-2H3. The third-order valence-corrected chi connectivity index (χ3v) is 5.88. The Kier molecular flexibility index (Phi) is 4.42. The quantitative estimate of drug-likeness (QED) is 0.799. The minimum absolute atomic E-state index is 0.294. The lowest BCUT2D eigenvalue weighted by Crippen LogP contribution is -2.38. The van der Waals surface area contributed by atoms with E-state index < -0.39 is 0 Å². The number of hydrogen-bond donors (Lipinski definition) is 0. The third kappa shape index (κ3) is 2.97. The van der Waals surface area contributed by atoms with Crippen LogP contribution in [0.2, 0.25) is 0 Å². The predicted octanol–water partition coefficient (Wildman–Crippen LogP) is 2.43. The molecule has 1 saturated heterocycles. The molecule has 1 aromatic carbocycles. The van der Waals surface area contributed by atoms with Gasteiger partial charge in [-0.2, -0.15) is 0 Å². The van der Waals surface area contributed by atoms with Gasteiger partial charge in [0.1, 0.15) is 17.9 Å². The fourth-order valence-electron chi connectivity index (χ4n) is 4.11. The zero-order chi connectivity index (χ0) is 18.1. The number of carbonyl (C=O) groups excluding carboxylic acids is 1. The Morgan fingerprint density at radius 1 is 1.31 bits per heavy atom. The Morgan fingerprint density at radius 2 is 2.08 bits per heavy atom. The summed E-state index contributed by atoms with van der Waals surface area (Å²) in [7, 11) is 1.66. The number of hydrogen-bond acceptors (Lipinski definition) is 4. The maximum absolute atomic E-state index is 13.2. The lowest BCUT2D eigenvalue weighted by Gasteiger charge is -2.24. The highest BCUT2D eigenvalue weighted by molar-refractivity contribution is 5.91. The van der Waals surface area contributed by atoms with E-state index in [1.54, 1.807) is 13.4 Å². The van der Waals surface area contributed by atoms with Gasteiger partial charge in [-0.1, -0.05) is 12.1 Å². The topological polar surface area (TPSA) is 60.2 Å². The number of benzene rings is 1. The van der Waals surface area contributed by atoms with Crippen molar-refractivity contribution >= 4 is 5.91 Å². The molecule has 2 aromatic rings. The van der Waals surface area contributed by atoms with Gasteiger partial charge in [0.25, 0.3) is 0 Å². The van der Waals surface area contributed by atoms with Crippen LogP contribution in [0.25, 0.3) is 0 Å². The summed E-state index contributed by atoms with van der Waals surface area (Å²) in [4.78, 5) is 15.3. The Bertz CT molecular complexity index is 779. The highest BCUT2D eigenvalue weighted by Gasteiger charge is 2.53. The van der Waals surface area contributed by atoms with Crippen molar-refractivity contribution in [3.8, 4) is 5.75 Å². The summed E-state index contributed by atoms with van der Waals surface area (Å²) in [6.45, 7) is 4.66. The normalized spacial score (nSPS) is 21.0. The first-order valence-electron chi connectivity index (χ1n) is 9.47. The molecule has 0 radical (unpaired) electrons. The fraction of sp³-hybridized carbons (Fsp3) is 0.550. The highest BCUT2D eigenvalue weighted by Crippen LogP contribution is 2.50. The van der Waals surface area contributed by atoms with Crippen LogP contribution in [-0.2, 0) is 23.2 Å². The first-order valence-corrected chi connectivity index (χ1v) is 9.47. The van der Waals surface area contributed by atoms with E-state index in [1.165, 1.54) is 0 Å². The minimum Gasteiger partial charge on any atom is -0.497 e. The molecule has 2 heterocycles. The van der Waals surface area contributed by atoms with Crippen molar-refractivity contribution in [1.82, 2.24) is 19.7 Å². The molecule has 1 amide bonds. The number of rotatable bonds is 6. The Morgan fingerprint density at radius 3 is 2.73 bits per heavy atom. The van der Waals surface area contributed by atoms with Crippen LogP contribution in [0.4, 0.5) is 0 Å². The molecule has 6 heteroatoms. The van der Waals surface area contributed by atoms with Gasteiger partial charge in [0.2, 0.25) is 5.91 Å². The molecule has 1 aromatic heterocycles. The van der Waals surface area contributed by atoms with Crippen molar-refractivity contribution in [3.63, 3.8) is 0 Å². The van der Waals surface area contributed by atoms with Crippen molar-refractivity contribution in [2.24, 2.45) is 5.92 Å². The number of likely N-dealkylation sites (tertiary alicyclic amines) is 1. The SMILES string of the molecule is CCn1cnnc1CC1CCN(C(=O)C2(c3ccc(OC)cc3)CC2)C1. The molecule has 0 bridgehead atoms. The van der Waals surface area contributed by atoms with Gasteiger partial charge in [0.15, 0.2) is 0 Å². The van der Waals surface area contributed by atoms with Crippen LogP contribution < -0.4 is 4.74 Å². The van der Waals surface area contributed by atoms with Crippen LogP contribution in [0.3, 0.4) is 0 Å². The van der Waals surface area contributed by atoms with Crippen molar-refractivity contribution < 1.29 is 9.53 Å². The second kappa shape index (κ2) is 6.74. The van der Waals surface area contributed by atoms with Crippen LogP contribution >= 0.6 is 0 Å². The van der Waals surface area contributed by atoms with Crippen molar-refractivity contribution in [3.05, 3.63) is 42.0 Å². The number of carbonyl (C=O) groups is 1. The molecular formula is C20H26N4O2. The van der Waals surface area contributed by atoms with Crippen LogP contribution in [0.1, 0.15) is 37.6 Å². The second-order valence-corrected chi connectivity index (χ2v) is 7.45.